The number of carbonyl (C=O) groups is 1. The Labute approximate surface area is 115 Å². The number of hydrogen-bond acceptors (Lipinski definition) is 6. The molecule has 0 fully saturated rings. The summed E-state index contributed by atoms with van der Waals surface area (Å²) < 4.78 is 26.1. The average Bonchev–Trinajstić information content (AvgIpc) is 2.34. The molecule has 0 saturated heterocycles. The average molecular weight is 302 g/mol. The summed E-state index contributed by atoms with van der Waals surface area (Å²) in [4.78, 5) is 20.0. The van der Waals surface area contributed by atoms with Crippen molar-refractivity contribution < 1.29 is 18.1 Å². The number of rotatable bonds is 7. The van der Waals surface area contributed by atoms with Gasteiger partial charge in [0, 0.05) is 24.7 Å². The number of nitrogens with zero attached hydrogens (tertiary/aromatic N) is 1. The van der Waals surface area contributed by atoms with E-state index in [1.807, 2.05) is 0 Å². The first kappa shape index (κ1) is 15.9. The van der Waals surface area contributed by atoms with Gasteiger partial charge in [0.1, 0.15) is 0 Å². The summed E-state index contributed by atoms with van der Waals surface area (Å²) in [7, 11) is -4.08. The molecule has 1 amide bonds. The van der Waals surface area contributed by atoms with Gasteiger partial charge in [-0.2, -0.15) is 0 Å². The number of nitro benzene ring substituents is 1. The zero-order chi connectivity index (χ0) is 15.3. The lowest BCUT2D eigenvalue weighted by Gasteiger charge is -2.07. The summed E-state index contributed by atoms with van der Waals surface area (Å²) >= 11 is 0. The van der Waals surface area contributed by atoms with E-state index in [0.29, 0.717) is 0 Å². The molecule has 0 aliphatic heterocycles. The van der Waals surface area contributed by atoms with Crippen LogP contribution in [0, 0.1) is 10.1 Å². The zero-order valence-electron chi connectivity index (χ0n) is 10.4. The molecule has 0 bridgehead atoms. The van der Waals surface area contributed by atoms with Crippen LogP contribution in [0.5, 0.6) is 0 Å². The fraction of sp³-hybridized carbons (Fsp3) is 0.300. The van der Waals surface area contributed by atoms with Crippen molar-refractivity contribution in [3.05, 3.63) is 28.3 Å². The molecule has 1 rings (SSSR count). The molecule has 5 N–H and O–H groups in total. The first-order chi connectivity index (χ1) is 9.24. The number of nitro groups is 1. The Balaban J connectivity index is 2.94. The molecule has 0 unspecified atom stereocenters. The van der Waals surface area contributed by atoms with Gasteiger partial charge >= 0.3 is 0 Å². The van der Waals surface area contributed by atoms with Crippen molar-refractivity contribution in [1.29, 1.82) is 0 Å². The van der Waals surface area contributed by atoms with E-state index >= 15 is 0 Å². The third-order valence-corrected chi connectivity index (χ3v) is 3.85. The summed E-state index contributed by atoms with van der Waals surface area (Å²) in [6.07, 6.45) is 0.215. The highest BCUT2D eigenvalue weighted by Crippen LogP contribution is 2.25. The highest BCUT2D eigenvalue weighted by Gasteiger charge is 2.25. The molecule has 0 radical (unpaired) electrons. The predicted molar refractivity (Wildman–Crippen MR) is 71.1 cm³/mol. The third kappa shape index (κ3) is 4.17. The maximum Gasteiger partial charge on any atom is 0.289 e. The third-order valence-electron chi connectivity index (χ3n) is 2.36. The van der Waals surface area contributed by atoms with Crippen LogP contribution in [0.3, 0.4) is 0 Å². The van der Waals surface area contributed by atoms with E-state index < -0.39 is 31.4 Å². The zero-order valence-corrected chi connectivity index (χ0v) is 11.2. The van der Waals surface area contributed by atoms with Crippen LogP contribution < -0.4 is 16.2 Å². The van der Waals surface area contributed by atoms with Crippen molar-refractivity contribution in [2.75, 3.05) is 12.3 Å². The molecule has 20 heavy (non-hydrogen) atoms. The van der Waals surface area contributed by atoms with Crippen LogP contribution in [0.4, 0.5) is 11.4 Å². The van der Waals surface area contributed by atoms with Gasteiger partial charge in [-0.3, -0.25) is 14.9 Å². The highest BCUT2D eigenvalue weighted by atomic mass is 32.2. The minimum atomic E-state index is -4.08. The number of carbonyl (C=O) groups excluding carboxylic acids is 1. The lowest BCUT2D eigenvalue weighted by molar-refractivity contribution is -0.387. The number of hydrogen-bond donors (Lipinski definition) is 3. The largest absolute Gasteiger partial charge is 0.399 e. The molecule has 9 nitrogen and oxygen atoms in total. The standard InChI is InChI=1S/C10H14N4O5S/c11-7-3-4-8(14(16)17)9(6-7)20(18,19)13-5-1-2-10(12)15/h3-4,6,13H,1-2,5,11H2,(H2,12,15). The van der Waals surface area contributed by atoms with E-state index in [9.17, 15) is 23.3 Å². The highest BCUT2D eigenvalue weighted by molar-refractivity contribution is 7.89. The number of nitrogens with one attached hydrogen (secondary N) is 1. The van der Waals surface area contributed by atoms with Crippen LogP contribution >= 0.6 is 0 Å². The Morgan fingerprint density at radius 1 is 1.40 bits per heavy atom. The van der Waals surface area contributed by atoms with E-state index in [1.54, 1.807) is 0 Å². The monoisotopic (exact) mass is 302 g/mol. The van der Waals surface area contributed by atoms with Gasteiger partial charge < -0.3 is 11.5 Å². The molecule has 0 spiro atoms. The van der Waals surface area contributed by atoms with E-state index in [2.05, 4.69) is 4.72 Å². The topological polar surface area (TPSA) is 158 Å². The van der Waals surface area contributed by atoms with E-state index in [4.69, 9.17) is 11.5 Å². The van der Waals surface area contributed by atoms with Crippen molar-refractivity contribution in [1.82, 2.24) is 4.72 Å². The number of anilines is 1. The smallest absolute Gasteiger partial charge is 0.289 e. The number of benzene rings is 1. The Morgan fingerprint density at radius 2 is 2.05 bits per heavy atom. The number of sulfonamides is 1. The van der Waals surface area contributed by atoms with Gasteiger partial charge in [0.05, 0.1) is 4.92 Å². The number of nitrogens with two attached hydrogens (primary N) is 2. The second kappa shape index (κ2) is 6.30. The molecule has 0 heterocycles. The lowest BCUT2D eigenvalue weighted by atomic mass is 10.3. The van der Waals surface area contributed by atoms with Crippen LogP contribution in [0.1, 0.15) is 12.8 Å². The van der Waals surface area contributed by atoms with Crippen molar-refractivity contribution >= 4 is 27.3 Å². The Bertz CT molecular complexity index is 629. The normalized spacial score (nSPS) is 11.2. The number of primary amides is 1. The fourth-order valence-electron chi connectivity index (χ4n) is 1.44. The van der Waals surface area contributed by atoms with Gasteiger partial charge in [-0.25, -0.2) is 13.1 Å². The molecule has 1 aromatic carbocycles. The summed E-state index contributed by atoms with van der Waals surface area (Å²) in [5.74, 6) is -0.556. The molecule has 0 saturated carbocycles. The fourth-order valence-corrected chi connectivity index (χ4v) is 2.72. The second-order valence-electron chi connectivity index (χ2n) is 3.95. The number of amides is 1. The first-order valence-corrected chi connectivity index (χ1v) is 7.04. The molecular weight excluding hydrogens is 288 g/mol. The SMILES string of the molecule is NC(=O)CCCNS(=O)(=O)c1cc(N)ccc1[N+](=O)[O-]. The van der Waals surface area contributed by atoms with Gasteiger partial charge in [0.15, 0.2) is 4.90 Å². The van der Waals surface area contributed by atoms with E-state index in [1.165, 1.54) is 6.07 Å². The van der Waals surface area contributed by atoms with Gasteiger partial charge in [-0.15, -0.1) is 0 Å². The Kier molecular flexibility index (Phi) is 5.00. The van der Waals surface area contributed by atoms with Gasteiger partial charge in [0.2, 0.25) is 15.9 Å². The maximum absolute atomic E-state index is 12.0. The molecule has 1 aromatic rings. The van der Waals surface area contributed by atoms with Crippen molar-refractivity contribution in [3.8, 4) is 0 Å². The van der Waals surface area contributed by atoms with Gasteiger partial charge in [-0.1, -0.05) is 0 Å². The maximum atomic E-state index is 12.0. The van der Waals surface area contributed by atoms with Crippen LogP contribution in [-0.2, 0) is 14.8 Å². The summed E-state index contributed by atoms with van der Waals surface area (Å²) in [5, 5.41) is 10.8. The van der Waals surface area contributed by atoms with Crippen molar-refractivity contribution in [2.24, 2.45) is 5.73 Å². The van der Waals surface area contributed by atoms with E-state index in [0.717, 1.165) is 12.1 Å². The summed E-state index contributed by atoms with van der Waals surface area (Å²) in [5.41, 5.74) is 9.88. The minimum Gasteiger partial charge on any atom is -0.399 e. The lowest BCUT2D eigenvalue weighted by Crippen LogP contribution is -2.26. The molecule has 110 valence electrons. The van der Waals surface area contributed by atoms with Crippen LogP contribution in [0.15, 0.2) is 23.1 Å². The molecule has 0 atom stereocenters. The minimum absolute atomic E-state index is 0.0154. The van der Waals surface area contributed by atoms with Crippen LogP contribution in [0.2, 0.25) is 0 Å². The second-order valence-corrected chi connectivity index (χ2v) is 5.69. The van der Waals surface area contributed by atoms with Crippen LogP contribution in [-0.4, -0.2) is 25.8 Å². The molecule has 0 aromatic heterocycles. The molecule has 10 heteroatoms. The van der Waals surface area contributed by atoms with Crippen molar-refractivity contribution in [2.45, 2.75) is 17.7 Å². The summed E-state index contributed by atoms with van der Waals surface area (Å²) in [6, 6.07) is 3.27. The number of nitrogen functional groups attached to an aromatic ring is 1. The molecule has 0 aliphatic carbocycles. The first-order valence-electron chi connectivity index (χ1n) is 5.56. The van der Waals surface area contributed by atoms with Crippen molar-refractivity contribution in [3.63, 3.8) is 0 Å². The Hall–Kier alpha value is -2.20. The molecular formula is C10H14N4O5S. The molecule has 0 aliphatic rings. The quantitative estimate of drug-likeness (QED) is 0.272. The van der Waals surface area contributed by atoms with Gasteiger partial charge in [0.25, 0.3) is 5.69 Å². The summed E-state index contributed by atoms with van der Waals surface area (Å²) in [6.45, 7) is -0.0583. The Morgan fingerprint density at radius 3 is 2.60 bits per heavy atom. The van der Waals surface area contributed by atoms with Crippen LogP contribution in [0.25, 0.3) is 0 Å². The predicted octanol–water partition coefficient (Wildman–Crippen LogP) is -0.279. The van der Waals surface area contributed by atoms with E-state index in [-0.39, 0.29) is 25.1 Å². The van der Waals surface area contributed by atoms with Gasteiger partial charge in [-0.05, 0) is 18.6 Å².